The topological polar surface area (TPSA) is 69.2 Å². The Morgan fingerprint density at radius 2 is 2.11 bits per heavy atom. The van der Waals surface area contributed by atoms with Gasteiger partial charge in [0.25, 0.3) is 0 Å². The molecule has 1 heterocycles. The van der Waals surface area contributed by atoms with Crippen LogP contribution in [0.25, 0.3) is 0 Å². The van der Waals surface area contributed by atoms with Crippen molar-refractivity contribution in [2.45, 2.75) is 39.3 Å². The van der Waals surface area contributed by atoms with Crippen molar-refractivity contribution in [3.63, 3.8) is 0 Å². The summed E-state index contributed by atoms with van der Waals surface area (Å²) in [5.74, 6) is 0.441. The molecule has 0 spiro atoms. The van der Waals surface area contributed by atoms with Gasteiger partial charge in [0.2, 0.25) is 11.2 Å². The van der Waals surface area contributed by atoms with Crippen LogP contribution in [0.2, 0.25) is 5.28 Å². The zero-order valence-corrected chi connectivity index (χ0v) is 12.4. The van der Waals surface area contributed by atoms with Crippen LogP contribution in [0.15, 0.2) is 0 Å². The van der Waals surface area contributed by atoms with Crippen molar-refractivity contribution < 1.29 is 9.47 Å². The van der Waals surface area contributed by atoms with E-state index in [4.69, 9.17) is 21.1 Å². The maximum atomic E-state index is 5.85. The van der Waals surface area contributed by atoms with Gasteiger partial charge in [-0.25, -0.2) is 0 Å². The van der Waals surface area contributed by atoms with E-state index in [-0.39, 0.29) is 28.9 Å². The van der Waals surface area contributed by atoms with Crippen molar-refractivity contribution in [2.75, 3.05) is 19.0 Å². The highest BCUT2D eigenvalue weighted by Gasteiger charge is 2.48. The van der Waals surface area contributed by atoms with Gasteiger partial charge in [0.1, 0.15) is 0 Å². The standard InChI is InChI=1S/C12H19ClN4O2/c1-5-19-11-16-9(13)15-10(17-11)14-7-6-8(18-4)12(7,2)3/h7-8H,5-6H2,1-4H3,(H,14,15,16,17). The van der Waals surface area contributed by atoms with Crippen molar-refractivity contribution in [2.24, 2.45) is 5.41 Å². The van der Waals surface area contributed by atoms with Crippen LogP contribution in [-0.4, -0.2) is 40.8 Å². The molecule has 6 nitrogen and oxygen atoms in total. The Kier molecular flexibility index (Phi) is 4.10. The lowest BCUT2D eigenvalue weighted by Gasteiger charge is -2.51. The molecule has 1 aliphatic rings. The molecule has 0 radical (unpaired) electrons. The Balaban J connectivity index is 2.08. The van der Waals surface area contributed by atoms with Crippen molar-refractivity contribution in [3.05, 3.63) is 5.28 Å². The molecule has 1 aliphatic carbocycles. The summed E-state index contributed by atoms with van der Waals surface area (Å²) in [6.07, 6.45) is 1.16. The first-order valence-corrected chi connectivity index (χ1v) is 6.68. The molecule has 19 heavy (non-hydrogen) atoms. The molecule has 1 aromatic rings. The lowest BCUT2D eigenvalue weighted by molar-refractivity contribution is -0.0796. The van der Waals surface area contributed by atoms with E-state index in [0.29, 0.717) is 12.6 Å². The van der Waals surface area contributed by atoms with Gasteiger partial charge in [0.15, 0.2) is 0 Å². The van der Waals surface area contributed by atoms with Crippen LogP contribution >= 0.6 is 11.6 Å². The van der Waals surface area contributed by atoms with Gasteiger partial charge in [0.05, 0.1) is 12.7 Å². The van der Waals surface area contributed by atoms with Crippen LogP contribution in [0.3, 0.4) is 0 Å². The number of ether oxygens (including phenoxy) is 2. The molecule has 2 unspecified atom stereocenters. The molecule has 0 aliphatic heterocycles. The van der Waals surface area contributed by atoms with E-state index in [1.54, 1.807) is 7.11 Å². The molecule has 0 bridgehead atoms. The first kappa shape index (κ1) is 14.3. The van der Waals surface area contributed by atoms with Crippen LogP contribution in [0.5, 0.6) is 6.01 Å². The molecule has 7 heteroatoms. The number of nitrogens with one attached hydrogen (secondary N) is 1. The van der Waals surface area contributed by atoms with E-state index >= 15 is 0 Å². The molecule has 2 atom stereocenters. The number of anilines is 1. The third-order valence-electron chi connectivity index (χ3n) is 3.63. The maximum Gasteiger partial charge on any atom is 0.322 e. The Morgan fingerprint density at radius 1 is 1.37 bits per heavy atom. The minimum absolute atomic E-state index is 0.0274. The Labute approximate surface area is 117 Å². The molecular formula is C12H19ClN4O2. The number of hydrogen-bond donors (Lipinski definition) is 1. The van der Waals surface area contributed by atoms with Crippen molar-refractivity contribution in [3.8, 4) is 6.01 Å². The number of hydrogen-bond acceptors (Lipinski definition) is 6. The predicted molar refractivity (Wildman–Crippen MR) is 72.6 cm³/mol. The van der Waals surface area contributed by atoms with Crippen molar-refractivity contribution in [1.29, 1.82) is 0 Å². The second-order valence-electron chi connectivity index (χ2n) is 5.12. The number of nitrogens with zero attached hydrogens (tertiary/aromatic N) is 3. The summed E-state index contributed by atoms with van der Waals surface area (Å²) in [5, 5.41) is 3.39. The highest BCUT2D eigenvalue weighted by molar-refractivity contribution is 6.28. The van der Waals surface area contributed by atoms with Crippen LogP contribution in [0.1, 0.15) is 27.2 Å². The Hall–Kier alpha value is -1.14. The molecule has 1 fully saturated rings. The lowest BCUT2D eigenvalue weighted by atomic mass is 9.64. The summed E-state index contributed by atoms with van der Waals surface area (Å²) >= 11 is 5.85. The Morgan fingerprint density at radius 3 is 2.68 bits per heavy atom. The fourth-order valence-corrected chi connectivity index (χ4v) is 2.43. The summed E-state index contributed by atoms with van der Waals surface area (Å²) in [6.45, 7) is 6.65. The molecule has 1 saturated carbocycles. The average Bonchev–Trinajstić information content (AvgIpc) is 2.33. The first-order chi connectivity index (χ1) is 8.97. The number of methoxy groups -OCH3 is 1. The van der Waals surface area contributed by atoms with E-state index in [1.807, 2.05) is 6.92 Å². The van der Waals surface area contributed by atoms with Gasteiger partial charge in [-0.1, -0.05) is 13.8 Å². The highest BCUT2D eigenvalue weighted by Crippen LogP contribution is 2.43. The van der Waals surface area contributed by atoms with E-state index < -0.39 is 0 Å². The molecule has 0 aromatic carbocycles. The average molecular weight is 287 g/mol. The zero-order valence-electron chi connectivity index (χ0n) is 11.6. The minimum Gasteiger partial charge on any atom is -0.464 e. The van der Waals surface area contributed by atoms with Gasteiger partial charge >= 0.3 is 6.01 Å². The third kappa shape index (κ3) is 2.90. The minimum atomic E-state index is 0.0274. The predicted octanol–water partition coefficient (Wildman–Crippen LogP) is 2.15. The van der Waals surface area contributed by atoms with Crippen LogP contribution in [0, 0.1) is 5.41 Å². The smallest absolute Gasteiger partial charge is 0.322 e. The molecule has 0 saturated heterocycles. The highest BCUT2D eigenvalue weighted by atomic mass is 35.5. The number of halogens is 1. The molecule has 1 aromatic heterocycles. The summed E-state index contributed by atoms with van der Waals surface area (Å²) < 4.78 is 10.7. The van der Waals surface area contributed by atoms with E-state index in [1.165, 1.54) is 0 Å². The van der Waals surface area contributed by atoms with Gasteiger partial charge < -0.3 is 14.8 Å². The molecule has 0 amide bonds. The SMILES string of the molecule is CCOc1nc(Cl)nc(NC2CC(OC)C2(C)C)n1. The second kappa shape index (κ2) is 5.46. The van der Waals surface area contributed by atoms with Gasteiger partial charge in [-0.15, -0.1) is 0 Å². The fraction of sp³-hybridized carbons (Fsp3) is 0.750. The molecule has 1 N–H and O–H groups in total. The summed E-state index contributed by atoms with van der Waals surface area (Å²) in [6, 6.07) is 0.482. The van der Waals surface area contributed by atoms with Crippen LogP contribution < -0.4 is 10.1 Å². The van der Waals surface area contributed by atoms with Gasteiger partial charge in [-0.3, -0.25) is 0 Å². The van der Waals surface area contributed by atoms with Crippen LogP contribution in [-0.2, 0) is 4.74 Å². The molecular weight excluding hydrogens is 268 g/mol. The number of aromatic nitrogens is 3. The normalized spacial score (nSPS) is 24.7. The van der Waals surface area contributed by atoms with E-state index in [2.05, 4.69) is 34.1 Å². The Bertz CT molecular complexity index is 455. The first-order valence-electron chi connectivity index (χ1n) is 6.31. The fourth-order valence-electron chi connectivity index (χ4n) is 2.28. The van der Waals surface area contributed by atoms with Gasteiger partial charge in [0, 0.05) is 18.6 Å². The molecule has 2 rings (SSSR count). The quantitative estimate of drug-likeness (QED) is 0.894. The maximum absolute atomic E-state index is 5.85. The summed E-state index contributed by atoms with van der Waals surface area (Å²) in [5.41, 5.74) is 0.0274. The monoisotopic (exact) mass is 286 g/mol. The summed E-state index contributed by atoms with van der Waals surface area (Å²) in [4.78, 5) is 12.1. The van der Waals surface area contributed by atoms with Gasteiger partial charge in [-0.05, 0) is 24.9 Å². The summed E-state index contributed by atoms with van der Waals surface area (Å²) in [7, 11) is 1.73. The van der Waals surface area contributed by atoms with Crippen molar-refractivity contribution >= 4 is 17.5 Å². The second-order valence-corrected chi connectivity index (χ2v) is 5.46. The largest absolute Gasteiger partial charge is 0.464 e. The zero-order chi connectivity index (χ0) is 14.0. The lowest BCUT2D eigenvalue weighted by Crippen LogP contribution is -2.57. The number of rotatable bonds is 5. The van der Waals surface area contributed by atoms with Crippen molar-refractivity contribution in [1.82, 2.24) is 15.0 Å². The van der Waals surface area contributed by atoms with Gasteiger partial charge in [-0.2, -0.15) is 15.0 Å². The van der Waals surface area contributed by atoms with E-state index in [0.717, 1.165) is 6.42 Å². The van der Waals surface area contributed by atoms with Crippen LogP contribution in [0.4, 0.5) is 5.95 Å². The third-order valence-corrected chi connectivity index (χ3v) is 3.80. The molecule has 106 valence electrons. The van der Waals surface area contributed by atoms with E-state index in [9.17, 15) is 0 Å².